The molecule has 1 saturated carbocycles. The molecule has 1 aliphatic carbocycles. The standard InChI is InChI=1S/C19H21N3/c1-2-4-14(5-3-1)12-19-21-17-7-6-16(13-18(17)22-19)15-8-10-20-11-9-15/h6-11,13-14H,1-5,12H2,(H,21,22). The Morgan fingerprint density at radius 1 is 0.955 bits per heavy atom. The van der Waals surface area contributed by atoms with Gasteiger partial charge in [-0.15, -0.1) is 0 Å². The first kappa shape index (κ1) is 13.5. The van der Waals surface area contributed by atoms with E-state index in [0.717, 1.165) is 29.2 Å². The lowest BCUT2D eigenvalue weighted by Crippen LogP contribution is -2.10. The summed E-state index contributed by atoms with van der Waals surface area (Å²) in [5.41, 5.74) is 4.62. The van der Waals surface area contributed by atoms with Crippen molar-refractivity contribution >= 4 is 11.0 Å². The summed E-state index contributed by atoms with van der Waals surface area (Å²) in [6.07, 6.45) is 11.7. The number of hydrogen-bond donors (Lipinski definition) is 1. The Hall–Kier alpha value is -2.16. The SMILES string of the molecule is c1cc(-c2ccc3nc(CC4CCCCC4)[nH]c3c2)ccn1. The Morgan fingerprint density at radius 2 is 1.77 bits per heavy atom. The average Bonchev–Trinajstić information content (AvgIpc) is 2.98. The quantitative estimate of drug-likeness (QED) is 0.756. The number of nitrogens with zero attached hydrogens (tertiary/aromatic N) is 2. The number of rotatable bonds is 3. The molecule has 0 aliphatic heterocycles. The molecule has 3 heteroatoms. The lowest BCUT2D eigenvalue weighted by Gasteiger charge is -2.20. The summed E-state index contributed by atoms with van der Waals surface area (Å²) in [5.74, 6) is 1.96. The van der Waals surface area contributed by atoms with Crippen molar-refractivity contribution in [2.24, 2.45) is 5.92 Å². The fraction of sp³-hybridized carbons (Fsp3) is 0.368. The van der Waals surface area contributed by atoms with Crippen molar-refractivity contribution in [1.29, 1.82) is 0 Å². The topological polar surface area (TPSA) is 41.6 Å². The van der Waals surface area contributed by atoms with Crippen LogP contribution in [0.1, 0.15) is 37.9 Å². The van der Waals surface area contributed by atoms with Crippen LogP contribution in [0.3, 0.4) is 0 Å². The highest BCUT2D eigenvalue weighted by Crippen LogP contribution is 2.28. The molecule has 1 N–H and O–H groups in total. The molecule has 0 unspecified atom stereocenters. The van der Waals surface area contributed by atoms with E-state index in [1.54, 1.807) is 0 Å². The minimum absolute atomic E-state index is 0.814. The molecule has 3 aromatic rings. The van der Waals surface area contributed by atoms with Gasteiger partial charge in [-0.3, -0.25) is 4.98 Å². The highest BCUT2D eigenvalue weighted by molar-refractivity contribution is 5.81. The molecule has 0 amide bonds. The largest absolute Gasteiger partial charge is 0.342 e. The summed E-state index contributed by atoms with van der Waals surface area (Å²) < 4.78 is 0. The lowest BCUT2D eigenvalue weighted by atomic mass is 9.87. The summed E-state index contributed by atoms with van der Waals surface area (Å²) in [5, 5.41) is 0. The molecule has 22 heavy (non-hydrogen) atoms. The van der Waals surface area contributed by atoms with E-state index in [9.17, 15) is 0 Å². The molecule has 0 radical (unpaired) electrons. The first-order chi connectivity index (χ1) is 10.9. The molecule has 2 aromatic heterocycles. The van der Waals surface area contributed by atoms with E-state index < -0.39 is 0 Å². The predicted octanol–water partition coefficient (Wildman–Crippen LogP) is 4.75. The zero-order valence-corrected chi connectivity index (χ0v) is 12.8. The molecule has 2 heterocycles. The van der Waals surface area contributed by atoms with Crippen LogP contribution in [0.2, 0.25) is 0 Å². The zero-order valence-electron chi connectivity index (χ0n) is 12.8. The second-order valence-electron chi connectivity index (χ2n) is 6.36. The monoisotopic (exact) mass is 291 g/mol. The zero-order chi connectivity index (χ0) is 14.8. The first-order valence-corrected chi connectivity index (χ1v) is 8.27. The maximum atomic E-state index is 4.77. The van der Waals surface area contributed by atoms with Gasteiger partial charge in [0.2, 0.25) is 0 Å². The number of nitrogens with one attached hydrogen (secondary N) is 1. The van der Waals surface area contributed by atoms with Crippen LogP contribution in [0.4, 0.5) is 0 Å². The number of benzene rings is 1. The third-order valence-electron chi connectivity index (χ3n) is 4.75. The number of H-pyrrole nitrogens is 1. The van der Waals surface area contributed by atoms with E-state index in [2.05, 4.69) is 28.2 Å². The second-order valence-corrected chi connectivity index (χ2v) is 6.36. The minimum atomic E-state index is 0.814. The summed E-state index contributed by atoms with van der Waals surface area (Å²) in [6, 6.07) is 10.5. The number of fused-ring (bicyclic) bond motifs is 1. The molecule has 0 spiro atoms. The molecular weight excluding hydrogens is 270 g/mol. The van der Waals surface area contributed by atoms with Crippen molar-refractivity contribution in [1.82, 2.24) is 15.0 Å². The Morgan fingerprint density at radius 3 is 2.59 bits per heavy atom. The molecule has 1 aliphatic rings. The van der Waals surface area contributed by atoms with Crippen molar-refractivity contribution in [2.45, 2.75) is 38.5 Å². The fourth-order valence-electron chi connectivity index (χ4n) is 3.55. The molecule has 1 fully saturated rings. The Kier molecular flexibility index (Phi) is 3.63. The highest BCUT2D eigenvalue weighted by Gasteiger charge is 2.16. The van der Waals surface area contributed by atoms with Crippen LogP contribution in [0.25, 0.3) is 22.2 Å². The van der Waals surface area contributed by atoms with Crippen molar-refractivity contribution in [3.63, 3.8) is 0 Å². The van der Waals surface area contributed by atoms with Crippen LogP contribution in [0.5, 0.6) is 0 Å². The molecule has 0 saturated heterocycles. The van der Waals surface area contributed by atoms with Gasteiger partial charge in [0.15, 0.2) is 0 Å². The van der Waals surface area contributed by atoms with E-state index in [4.69, 9.17) is 4.98 Å². The van der Waals surface area contributed by atoms with Gasteiger partial charge >= 0.3 is 0 Å². The van der Waals surface area contributed by atoms with Crippen molar-refractivity contribution in [3.8, 4) is 11.1 Å². The van der Waals surface area contributed by atoms with Crippen molar-refractivity contribution < 1.29 is 0 Å². The molecule has 112 valence electrons. The molecule has 0 atom stereocenters. The number of aromatic nitrogens is 3. The van der Waals surface area contributed by atoms with Crippen LogP contribution in [-0.2, 0) is 6.42 Å². The molecule has 0 bridgehead atoms. The van der Waals surface area contributed by atoms with Gasteiger partial charge in [0.1, 0.15) is 5.82 Å². The third kappa shape index (κ3) is 2.76. The van der Waals surface area contributed by atoms with Gasteiger partial charge in [0.05, 0.1) is 11.0 Å². The van der Waals surface area contributed by atoms with Crippen LogP contribution < -0.4 is 0 Å². The Balaban J connectivity index is 1.60. The van der Waals surface area contributed by atoms with Crippen LogP contribution in [0, 0.1) is 5.92 Å². The lowest BCUT2D eigenvalue weighted by molar-refractivity contribution is 0.352. The van der Waals surface area contributed by atoms with Crippen LogP contribution in [0.15, 0.2) is 42.7 Å². The van der Waals surface area contributed by atoms with E-state index in [1.165, 1.54) is 43.2 Å². The molecule has 1 aromatic carbocycles. The van der Waals surface area contributed by atoms with E-state index in [0.29, 0.717) is 0 Å². The summed E-state index contributed by atoms with van der Waals surface area (Å²) in [4.78, 5) is 12.4. The smallest absolute Gasteiger partial charge is 0.107 e. The van der Waals surface area contributed by atoms with E-state index in [1.807, 2.05) is 24.5 Å². The highest BCUT2D eigenvalue weighted by atomic mass is 14.9. The first-order valence-electron chi connectivity index (χ1n) is 8.27. The van der Waals surface area contributed by atoms with Gasteiger partial charge in [-0.1, -0.05) is 38.2 Å². The van der Waals surface area contributed by atoms with Gasteiger partial charge in [-0.25, -0.2) is 4.98 Å². The van der Waals surface area contributed by atoms with Gasteiger partial charge in [0, 0.05) is 18.8 Å². The normalized spacial score (nSPS) is 16.2. The van der Waals surface area contributed by atoms with E-state index in [-0.39, 0.29) is 0 Å². The second kappa shape index (κ2) is 5.91. The molecular formula is C19H21N3. The third-order valence-corrected chi connectivity index (χ3v) is 4.75. The van der Waals surface area contributed by atoms with Crippen molar-refractivity contribution in [2.75, 3.05) is 0 Å². The van der Waals surface area contributed by atoms with E-state index >= 15 is 0 Å². The number of aromatic amines is 1. The maximum Gasteiger partial charge on any atom is 0.107 e. The molecule has 3 nitrogen and oxygen atoms in total. The van der Waals surface area contributed by atoms with Crippen LogP contribution in [-0.4, -0.2) is 15.0 Å². The minimum Gasteiger partial charge on any atom is -0.342 e. The fourth-order valence-corrected chi connectivity index (χ4v) is 3.55. The van der Waals surface area contributed by atoms with Crippen molar-refractivity contribution in [3.05, 3.63) is 48.5 Å². The average molecular weight is 291 g/mol. The predicted molar refractivity (Wildman–Crippen MR) is 89.6 cm³/mol. The van der Waals surface area contributed by atoms with Gasteiger partial charge < -0.3 is 4.98 Å². The van der Waals surface area contributed by atoms with Gasteiger partial charge in [-0.2, -0.15) is 0 Å². The number of pyridine rings is 1. The van der Waals surface area contributed by atoms with Crippen LogP contribution >= 0.6 is 0 Å². The summed E-state index contributed by atoms with van der Waals surface area (Å²) in [7, 11) is 0. The Bertz CT molecular complexity index is 755. The number of imidazole rings is 1. The molecule has 4 rings (SSSR count). The summed E-state index contributed by atoms with van der Waals surface area (Å²) >= 11 is 0. The summed E-state index contributed by atoms with van der Waals surface area (Å²) in [6.45, 7) is 0. The number of hydrogen-bond acceptors (Lipinski definition) is 2. The van der Waals surface area contributed by atoms with Gasteiger partial charge in [0.25, 0.3) is 0 Å². The Labute approximate surface area is 130 Å². The van der Waals surface area contributed by atoms with Gasteiger partial charge in [-0.05, 0) is 41.3 Å². The maximum absolute atomic E-state index is 4.77.